The van der Waals surface area contributed by atoms with Crippen LogP contribution in [0.5, 0.6) is 0 Å². The van der Waals surface area contributed by atoms with Crippen LogP contribution in [0.4, 0.5) is 4.39 Å². The number of carbonyl (C=O) groups excluding carboxylic acids is 1. The Hall–Kier alpha value is -1.84. The molecule has 1 aliphatic rings. The molecule has 104 valence electrons. The number of rotatable bonds is 3. The van der Waals surface area contributed by atoms with Crippen LogP contribution in [-0.2, 0) is 4.74 Å². The first-order valence-electron chi connectivity index (χ1n) is 5.36. The molecule has 19 heavy (non-hydrogen) atoms. The van der Waals surface area contributed by atoms with Gasteiger partial charge in [0, 0.05) is 12.6 Å². The Morgan fingerprint density at radius 2 is 2.32 bits per heavy atom. The number of ether oxygens (including phenoxy) is 1. The molecular formula is C10H11FN2O6. The fourth-order valence-electron chi connectivity index (χ4n) is 1.87. The van der Waals surface area contributed by atoms with E-state index in [0.717, 1.165) is 6.20 Å². The second-order valence-electron chi connectivity index (χ2n) is 4.19. The van der Waals surface area contributed by atoms with Crippen molar-refractivity contribution in [2.45, 2.75) is 24.6 Å². The van der Waals surface area contributed by atoms with Crippen molar-refractivity contribution in [3.8, 4) is 0 Å². The Labute approximate surface area is 105 Å². The van der Waals surface area contributed by atoms with Crippen LogP contribution < -0.4 is 11.2 Å². The van der Waals surface area contributed by atoms with E-state index in [1.807, 2.05) is 4.98 Å². The van der Waals surface area contributed by atoms with Gasteiger partial charge in [0.15, 0.2) is 12.5 Å². The maximum Gasteiger partial charge on any atom is 0.330 e. The molecule has 0 bridgehead atoms. The number of aromatic nitrogens is 2. The average Bonchev–Trinajstić information content (AvgIpc) is 2.66. The molecule has 3 atom stereocenters. The molecule has 0 aliphatic carbocycles. The van der Waals surface area contributed by atoms with Crippen LogP contribution in [0.3, 0.4) is 0 Å². The number of hydrogen-bond acceptors (Lipinski definition) is 6. The molecule has 1 aliphatic heterocycles. The SMILES string of the molecule is O=Cc1cn([C@@H]2O[C@](F)(CO)C[C@H]2O)c(=O)[nH]c1=O. The third-order valence-corrected chi connectivity index (χ3v) is 2.81. The van der Waals surface area contributed by atoms with Crippen molar-refractivity contribution >= 4 is 6.29 Å². The van der Waals surface area contributed by atoms with Gasteiger partial charge >= 0.3 is 5.69 Å². The number of halogens is 1. The van der Waals surface area contributed by atoms with E-state index in [9.17, 15) is 23.9 Å². The lowest BCUT2D eigenvalue weighted by molar-refractivity contribution is -0.180. The van der Waals surface area contributed by atoms with Crippen molar-refractivity contribution in [2.24, 2.45) is 0 Å². The lowest BCUT2D eigenvalue weighted by Crippen LogP contribution is -2.37. The summed E-state index contributed by atoms with van der Waals surface area (Å²) in [6.07, 6.45) is -2.29. The molecule has 0 unspecified atom stereocenters. The zero-order chi connectivity index (χ0) is 14.2. The normalized spacial score (nSPS) is 30.5. The van der Waals surface area contributed by atoms with Gasteiger partial charge in [0.1, 0.15) is 12.7 Å². The van der Waals surface area contributed by atoms with Gasteiger partial charge in [-0.25, -0.2) is 9.18 Å². The van der Waals surface area contributed by atoms with Crippen LogP contribution >= 0.6 is 0 Å². The zero-order valence-corrected chi connectivity index (χ0v) is 9.58. The van der Waals surface area contributed by atoms with E-state index >= 15 is 0 Å². The highest BCUT2D eigenvalue weighted by atomic mass is 19.2. The van der Waals surface area contributed by atoms with Gasteiger partial charge < -0.3 is 14.9 Å². The molecule has 0 radical (unpaired) electrons. The van der Waals surface area contributed by atoms with Crippen molar-refractivity contribution < 1.29 is 24.1 Å². The summed E-state index contributed by atoms with van der Waals surface area (Å²) in [7, 11) is 0. The quantitative estimate of drug-likeness (QED) is 0.564. The van der Waals surface area contributed by atoms with E-state index in [-0.39, 0.29) is 11.8 Å². The summed E-state index contributed by atoms with van der Waals surface area (Å²) in [6.45, 7) is -0.987. The number of aliphatic hydroxyl groups is 2. The number of aliphatic hydroxyl groups excluding tert-OH is 2. The first-order chi connectivity index (χ1) is 8.90. The number of hydrogen-bond donors (Lipinski definition) is 3. The molecule has 2 rings (SSSR count). The van der Waals surface area contributed by atoms with Crippen molar-refractivity contribution in [1.82, 2.24) is 9.55 Å². The maximum absolute atomic E-state index is 13.7. The lowest BCUT2D eigenvalue weighted by atomic mass is 10.2. The zero-order valence-electron chi connectivity index (χ0n) is 9.58. The molecule has 1 aromatic rings. The summed E-state index contributed by atoms with van der Waals surface area (Å²) < 4.78 is 19.2. The second-order valence-corrected chi connectivity index (χ2v) is 4.19. The van der Waals surface area contributed by atoms with Crippen LogP contribution in [0.2, 0.25) is 0 Å². The predicted octanol–water partition coefficient (Wildman–Crippen LogP) is -1.71. The van der Waals surface area contributed by atoms with Crippen LogP contribution in [-0.4, -0.2) is 44.6 Å². The number of nitrogens with zero attached hydrogens (tertiary/aromatic N) is 1. The number of nitrogens with one attached hydrogen (secondary N) is 1. The van der Waals surface area contributed by atoms with Gasteiger partial charge in [-0.2, -0.15) is 0 Å². The molecule has 0 amide bonds. The van der Waals surface area contributed by atoms with Crippen molar-refractivity contribution in [2.75, 3.05) is 6.61 Å². The van der Waals surface area contributed by atoms with E-state index in [4.69, 9.17) is 9.84 Å². The standard InChI is InChI=1S/C10H11FN2O6/c11-10(4-15)1-6(16)8(19-10)13-2-5(3-14)7(17)12-9(13)18/h2-3,6,8,15-16H,1,4H2,(H,12,17,18)/t6-,8-,10+/m1/s1. The first kappa shape index (κ1) is 13.6. The molecule has 1 aromatic heterocycles. The smallest absolute Gasteiger partial charge is 0.330 e. The van der Waals surface area contributed by atoms with Gasteiger partial charge in [-0.15, -0.1) is 0 Å². The van der Waals surface area contributed by atoms with Crippen LogP contribution in [0.1, 0.15) is 23.0 Å². The minimum atomic E-state index is -2.47. The number of alkyl halides is 1. The fourth-order valence-corrected chi connectivity index (χ4v) is 1.87. The molecular weight excluding hydrogens is 263 g/mol. The monoisotopic (exact) mass is 274 g/mol. The average molecular weight is 274 g/mol. The summed E-state index contributed by atoms with van der Waals surface area (Å²) in [5.74, 6) is -2.47. The second kappa shape index (κ2) is 4.68. The molecule has 9 heteroatoms. The number of aromatic amines is 1. The summed E-state index contributed by atoms with van der Waals surface area (Å²) in [6, 6.07) is 0. The van der Waals surface area contributed by atoms with Gasteiger partial charge in [0.05, 0.1) is 5.56 Å². The first-order valence-corrected chi connectivity index (χ1v) is 5.36. The molecule has 0 saturated carbocycles. The van der Waals surface area contributed by atoms with Gasteiger partial charge in [0.25, 0.3) is 5.56 Å². The fraction of sp³-hybridized carbons (Fsp3) is 0.500. The Balaban J connectivity index is 2.46. The van der Waals surface area contributed by atoms with Crippen molar-refractivity contribution in [3.63, 3.8) is 0 Å². The van der Waals surface area contributed by atoms with E-state index in [1.54, 1.807) is 0 Å². The number of carbonyl (C=O) groups is 1. The Bertz CT molecular complexity index is 611. The Morgan fingerprint density at radius 3 is 2.84 bits per heavy atom. The Morgan fingerprint density at radius 1 is 1.63 bits per heavy atom. The molecule has 0 aromatic carbocycles. The molecule has 1 saturated heterocycles. The minimum absolute atomic E-state index is 0.213. The van der Waals surface area contributed by atoms with E-state index in [2.05, 4.69) is 0 Å². The van der Waals surface area contributed by atoms with E-state index in [0.29, 0.717) is 4.57 Å². The molecule has 0 spiro atoms. The summed E-state index contributed by atoms with van der Waals surface area (Å²) in [4.78, 5) is 35.2. The third-order valence-electron chi connectivity index (χ3n) is 2.81. The van der Waals surface area contributed by atoms with Crippen LogP contribution in [0.25, 0.3) is 0 Å². The van der Waals surface area contributed by atoms with Gasteiger partial charge in [-0.1, -0.05) is 0 Å². The highest BCUT2D eigenvalue weighted by molar-refractivity contribution is 5.73. The van der Waals surface area contributed by atoms with Gasteiger partial charge in [0.2, 0.25) is 5.85 Å². The topological polar surface area (TPSA) is 122 Å². The number of H-pyrrole nitrogens is 1. The van der Waals surface area contributed by atoms with Gasteiger partial charge in [-0.3, -0.25) is 19.1 Å². The summed E-state index contributed by atoms with van der Waals surface area (Å²) in [5.41, 5.74) is -2.21. The van der Waals surface area contributed by atoms with Crippen molar-refractivity contribution in [3.05, 3.63) is 32.6 Å². The third kappa shape index (κ3) is 2.35. The molecule has 1 fully saturated rings. The van der Waals surface area contributed by atoms with Gasteiger partial charge in [-0.05, 0) is 0 Å². The van der Waals surface area contributed by atoms with Crippen LogP contribution in [0, 0.1) is 0 Å². The molecule has 2 heterocycles. The minimum Gasteiger partial charge on any atom is -0.390 e. The van der Waals surface area contributed by atoms with E-state index < -0.39 is 42.5 Å². The summed E-state index contributed by atoms with van der Waals surface area (Å²) >= 11 is 0. The van der Waals surface area contributed by atoms with Crippen LogP contribution in [0.15, 0.2) is 15.8 Å². The Kier molecular flexibility index (Phi) is 3.35. The van der Waals surface area contributed by atoms with Crippen molar-refractivity contribution in [1.29, 1.82) is 0 Å². The highest BCUT2D eigenvalue weighted by Crippen LogP contribution is 2.36. The predicted molar refractivity (Wildman–Crippen MR) is 58.4 cm³/mol. The highest BCUT2D eigenvalue weighted by Gasteiger charge is 2.47. The number of aldehydes is 1. The molecule has 8 nitrogen and oxygen atoms in total. The summed E-state index contributed by atoms with van der Waals surface area (Å²) in [5, 5.41) is 18.5. The molecule has 3 N–H and O–H groups in total. The lowest BCUT2D eigenvalue weighted by Gasteiger charge is -2.19. The van der Waals surface area contributed by atoms with E-state index in [1.165, 1.54) is 0 Å². The largest absolute Gasteiger partial charge is 0.390 e. The maximum atomic E-state index is 13.7.